The van der Waals surface area contributed by atoms with Gasteiger partial charge in [-0.05, 0) is 37.5 Å². The number of ether oxygens (including phenoxy) is 1. The molecule has 1 unspecified atom stereocenters. The Bertz CT molecular complexity index is 1470. The molecule has 0 aliphatic carbocycles. The minimum atomic E-state index is -0.418. The number of rotatable bonds is 10. The van der Waals surface area contributed by atoms with Gasteiger partial charge in [0, 0.05) is 31.3 Å². The number of hydrogen-bond donors (Lipinski definition) is 4. The van der Waals surface area contributed by atoms with Crippen molar-refractivity contribution in [2.24, 2.45) is 11.7 Å². The first-order valence-corrected chi connectivity index (χ1v) is 13.6. The average Bonchev–Trinajstić information content (AvgIpc) is 3.62. The number of hydrogen-bond acceptors (Lipinski definition) is 13. The van der Waals surface area contributed by atoms with Crippen LogP contribution in [0.3, 0.4) is 0 Å². The highest BCUT2D eigenvalue weighted by atomic mass is 32.1. The summed E-state index contributed by atoms with van der Waals surface area (Å²) in [6.45, 7) is 5.50. The summed E-state index contributed by atoms with van der Waals surface area (Å²) in [5.41, 5.74) is 8.03. The largest absolute Gasteiger partial charge is 0.462 e. The number of H-pyrrole nitrogens is 1. The fourth-order valence-electron chi connectivity index (χ4n) is 4.34. The molecule has 1 aliphatic rings. The van der Waals surface area contributed by atoms with Gasteiger partial charge in [-0.1, -0.05) is 35.6 Å². The fourth-order valence-corrected chi connectivity index (χ4v) is 5.19. The smallest absolute Gasteiger partial charge is 0.350 e. The molecule has 1 atom stereocenters. The van der Waals surface area contributed by atoms with Gasteiger partial charge in [0.15, 0.2) is 5.13 Å². The average molecular weight is 564 g/mol. The molecule has 15 heteroatoms. The van der Waals surface area contributed by atoms with Crippen molar-refractivity contribution in [3.8, 4) is 11.4 Å². The van der Waals surface area contributed by atoms with Crippen LogP contribution in [0.2, 0.25) is 0 Å². The van der Waals surface area contributed by atoms with E-state index in [-0.39, 0.29) is 18.4 Å². The molecule has 5 N–H and O–H groups in total. The van der Waals surface area contributed by atoms with E-state index in [1.54, 1.807) is 13.8 Å². The molecule has 1 saturated heterocycles. The molecule has 4 aromatic rings. The quantitative estimate of drug-likeness (QED) is 0.207. The molecule has 5 rings (SSSR count). The number of esters is 1. The van der Waals surface area contributed by atoms with E-state index in [1.807, 2.05) is 35.2 Å². The number of nitrogens with two attached hydrogens (primary N) is 1. The standard InChI is InChI=1S/C25H29N11O3S/c1-3-39-23(38)20-14(2)28-25(40-20)31-24-29-18(11-19(30-24)36-10-4-5-17(13-36)21(26)37)27-12-15-6-8-16(9-7-15)22-32-34-35-33-22/h6-9,11,17H,3-5,10,12-13H2,1-2H3,(H2,26,37)(H,32,33,34,35)(H2,27,28,29,30,31). The number of carbonyl (C=O) groups is 2. The van der Waals surface area contributed by atoms with E-state index in [2.05, 4.69) is 41.2 Å². The van der Waals surface area contributed by atoms with Crippen molar-refractivity contribution in [1.29, 1.82) is 0 Å². The lowest BCUT2D eigenvalue weighted by Gasteiger charge is -2.32. The number of piperidine rings is 1. The number of aromatic nitrogens is 7. The summed E-state index contributed by atoms with van der Waals surface area (Å²) >= 11 is 1.18. The number of aryl methyl sites for hydroxylation is 1. The van der Waals surface area contributed by atoms with Crippen molar-refractivity contribution in [1.82, 2.24) is 35.6 Å². The Morgan fingerprint density at radius 2 is 2.05 bits per heavy atom. The molecule has 3 aromatic heterocycles. The molecule has 14 nitrogen and oxygen atoms in total. The SMILES string of the molecule is CCOC(=O)c1sc(Nc2nc(NCc3ccc(-c4nn[nH]n4)cc3)cc(N3CCCC(C(N)=O)C3)n2)nc1C. The van der Waals surface area contributed by atoms with Crippen LogP contribution in [0.5, 0.6) is 0 Å². The molecule has 4 heterocycles. The third-order valence-corrected chi connectivity index (χ3v) is 7.42. The summed E-state index contributed by atoms with van der Waals surface area (Å²) in [5.74, 6) is 1.08. The maximum absolute atomic E-state index is 12.3. The first-order chi connectivity index (χ1) is 19.4. The van der Waals surface area contributed by atoms with Gasteiger partial charge in [-0.25, -0.2) is 9.78 Å². The number of primary amides is 1. The number of benzene rings is 1. The Labute approximate surface area is 233 Å². The summed E-state index contributed by atoms with van der Waals surface area (Å²) in [6, 6.07) is 9.63. The predicted molar refractivity (Wildman–Crippen MR) is 149 cm³/mol. The van der Waals surface area contributed by atoms with Crippen LogP contribution in [-0.4, -0.2) is 67.1 Å². The highest BCUT2D eigenvalue weighted by Gasteiger charge is 2.26. The minimum absolute atomic E-state index is 0.247. The number of thiazole rings is 1. The molecule has 0 saturated carbocycles. The van der Waals surface area contributed by atoms with E-state index >= 15 is 0 Å². The molecule has 0 spiro atoms. The van der Waals surface area contributed by atoms with Crippen LogP contribution in [0.15, 0.2) is 30.3 Å². The third kappa shape index (κ3) is 6.31. The number of nitrogens with zero attached hydrogens (tertiary/aromatic N) is 7. The summed E-state index contributed by atoms with van der Waals surface area (Å²) in [7, 11) is 0. The van der Waals surface area contributed by atoms with E-state index < -0.39 is 5.97 Å². The fraction of sp³-hybridized carbons (Fsp3) is 0.360. The molecule has 0 radical (unpaired) electrons. The zero-order valence-electron chi connectivity index (χ0n) is 22.0. The Hall–Kier alpha value is -4.66. The molecular formula is C25H29N11O3S. The predicted octanol–water partition coefficient (Wildman–Crippen LogP) is 2.66. The number of anilines is 4. The Kier molecular flexibility index (Phi) is 8.10. The van der Waals surface area contributed by atoms with Crippen molar-refractivity contribution >= 4 is 45.9 Å². The van der Waals surface area contributed by atoms with Gasteiger partial charge in [0.1, 0.15) is 16.5 Å². The first kappa shape index (κ1) is 26.9. The van der Waals surface area contributed by atoms with Gasteiger partial charge in [0.25, 0.3) is 0 Å². The van der Waals surface area contributed by atoms with Crippen LogP contribution < -0.4 is 21.3 Å². The lowest BCUT2D eigenvalue weighted by Crippen LogP contribution is -2.41. The summed E-state index contributed by atoms with van der Waals surface area (Å²) in [5, 5.41) is 21.0. The summed E-state index contributed by atoms with van der Waals surface area (Å²) in [4.78, 5) is 40.4. The number of tetrazole rings is 1. The molecule has 0 bridgehead atoms. The Balaban J connectivity index is 1.38. The van der Waals surface area contributed by atoms with Gasteiger partial charge in [-0.2, -0.15) is 15.2 Å². The molecule has 1 aliphatic heterocycles. The van der Waals surface area contributed by atoms with Crippen LogP contribution in [-0.2, 0) is 16.1 Å². The van der Waals surface area contributed by atoms with Crippen molar-refractivity contribution in [3.05, 3.63) is 46.5 Å². The lowest BCUT2D eigenvalue weighted by atomic mass is 9.97. The monoisotopic (exact) mass is 563 g/mol. The van der Waals surface area contributed by atoms with Crippen molar-refractivity contribution < 1.29 is 14.3 Å². The number of aromatic amines is 1. The number of carbonyl (C=O) groups excluding carboxylic acids is 2. The van der Waals surface area contributed by atoms with Gasteiger partial charge >= 0.3 is 5.97 Å². The lowest BCUT2D eigenvalue weighted by molar-refractivity contribution is -0.122. The summed E-state index contributed by atoms with van der Waals surface area (Å²) < 4.78 is 5.13. The first-order valence-electron chi connectivity index (χ1n) is 12.8. The Morgan fingerprint density at radius 3 is 2.77 bits per heavy atom. The molecule has 1 amide bonds. The zero-order chi connectivity index (χ0) is 28.1. The highest BCUT2D eigenvalue weighted by molar-refractivity contribution is 7.17. The second-order valence-electron chi connectivity index (χ2n) is 9.19. The van der Waals surface area contributed by atoms with Gasteiger partial charge in [0.05, 0.1) is 18.2 Å². The topological polar surface area (TPSA) is 190 Å². The Morgan fingerprint density at radius 1 is 1.23 bits per heavy atom. The maximum atomic E-state index is 12.3. The van der Waals surface area contributed by atoms with E-state index in [9.17, 15) is 9.59 Å². The van der Waals surface area contributed by atoms with E-state index in [4.69, 9.17) is 15.5 Å². The van der Waals surface area contributed by atoms with Crippen molar-refractivity contribution in [2.45, 2.75) is 33.2 Å². The molecule has 1 aromatic carbocycles. The third-order valence-electron chi connectivity index (χ3n) is 6.37. The van der Waals surface area contributed by atoms with Crippen LogP contribution >= 0.6 is 11.3 Å². The maximum Gasteiger partial charge on any atom is 0.350 e. The highest BCUT2D eigenvalue weighted by Crippen LogP contribution is 2.29. The van der Waals surface area contributed by atoms with Gasteiger partial charge in [-0.15, -0.1) is 10.2 Å². The van der Waals surface area contributed by atoms with Crippen LogP contribution in [0.1, 0.15) is 40.7 Å². The zero-order valence-corrected chi connectivity index (χ0v) is 22.9. The molecule has 40 heavy (non-hydrogen) atoms. The van der Waals surface area contributed by atoms with Gasteiger partial charge in [0.2, 0.25) is 17.7 Å². The van der Waals surface area contributed by atoms with E-state index in [1.165, 1.54) is 11.3 Å². The number of nitrogens with one attached hydrogen (secondary N) is 3. The normalized spacial score (nSPS) is 15.1. The van der Waals surface area contributed by atoms with E-state index in [0.717, 1.165) is 30.5 Å². The van der Waals surface area contributed by atoms with Gasteiger partial charge in [-0.3, -0.25) is 10.1 Å². The second-order valence-corrected chi connectivity index (χ2v) is 10.2. The molecule has 208 valence electrons. The van der Waals surface area contributed by atoms with Crippen molar-refractivity contribution in [3.63, 3.8) is 0 Å². The summed E-state index contributed by atoms with van der Waals surface area (Å²) in [6.07, 6.45) is 1.58. The molecule has 1 fully saturated rings. The van der Waals surface area contributed by atoms with Gasteiger partial charge < -0.3 is 20.7 Å². The van der Waals surface area contributed by atoms with Crippen LogP contribution in [0, 0.1) is 12.8 Å². The molecular weight excluding hydrogens is 534 g/mol. The van der Waals surface area contributed by atoms with Crippen LogP contribution in [0.25, 0.3) is 11.4 Å². The second kappa shape index (κ2) is 12.0. The minimum Gasteiger partial charge on any atom is -0.462 e. The van der Waals surface area contributed by atoms with Crippen LogP contribution in [0.4, 0.5) is 22.7 Å². The van der Waals surface area contributed by atoms with E-state index in [0.29, 0.717) is 52.2 Å². The van der Waals surface area contributed by atoms with Crippen molar-refractivity contribution in [2.75, 3.05) is 35.2 Å². The number of amides is 1.